The van der Waals surface area contributed by atoms with Gasteiger partial charge in [0.1, 0.15) is 6.61 Å². The minimum atomic E-state index is -1.01. The molecule has 0 aliphatic carbocycles. The highest BCUT2D eigenvalue weighted by atomic mass is 16.5. The van der Waals surface area contributed by atoms with Gasteiger partial charge in [0, 0.05) is 13.1 Å². The number of hydrogen-bond donors (Lipinski definition) is 2. The topological polar surface area (TPSA) is 95.9 Å². The Morgan fingerprint density at radius 2 is 1.90 bits per heavy atom. The molecule has 7 heteroatoms. The van der Waals surface area contributed by atoms with Crippen molar-refractivity contribution in [3.05, 3.63) is 0 Å². The van der Waals surface area contributed by atoms with Crippen molar-refractivity contribution in [3.63, 3.8) is 0 Å². The van der Waals surface area contributed by atoms with E-state index in [-0.39, 0.29) is 30.8 Å². The van der Waals surface area contributed by atoms with Crippen LogP contribution in [0.2, 0.25) is 0 Å². The molecule has 1 saturated heterocycles. The van der Waals surface area contributed by atoms with Gasteiger partial charge in [0.15, 0.2) is 5.78 Å². The first-order valence-electron chi connectivity index (χ1n) is 7.01. The first-order valence-corrected chi connectivity index (χ1v) is 7.01. The number of ketones is 1. The number of likely N-dealkylation sites (tertiary alicyclic amines) is 1. The molecule has 0 aromatic carbocycles. The molecule has 2 N–H and O–H groups in total. The number of carbonyl (C=O) groups is 3. The van der Waals surface area contributed by atoms with E-state index in [1.807, 2.05) is 25.7 Å². The third kappa shape index (κ3) is 5.43. The summed E-state index contributed by atoms with van der Waals surface area (Å²) in [7, 11) is 0. The van der Waals surface area contributed by atoms with E-state index < -0.39 is 17.6 Å². The van der Waals surface area contributed by atoms with Crippen LogP contribution in [0.25, 0.3) is 0 Å². The van der Waals surface area contributed by atoms with E-state index in [9.17, 15) is 14.4 Å². The summed E-state index contributed by atoms with van der Waals surface area (Å²) in [5, 5.41) is 11.3. The number of rotatable bonds is 8. The number of ether oxygens (including phenoxy) is 1. The van der Waals surface area contributed by atoms with Gasteiger partial charge in [-0.2, -0.15) is 0 Å². The Labute approximate surface area is 124 Å². The van der Waals surface area contributed by atoms with Crippen LogP contribution >= 0.6 is 0 Å². The predicted molar refractivity (Wildman–Crippen MR) is 75.9 cm³/mol. The Morgan fingerprint density at radius 3 is 2.33 bits per heavy atom. The van der Waals surface area contributed by atoms with E-state index in [2.05, 4.69) is 5.32 Å². The molecule has 1 fully saturated rings. The van der Waals surface area contributed by atoms with E-state index in [0.717, 1.165) is 0 Å². The maximum atomic E-state index is 11.9. The molecule has 0 aromatic rings. The number of aliphatic carboxylic acids is 1. The number of nitrogens with one attached hydrogen (secondary N) is 1. The van der Waals surface area contributed by atoms with Crippen LogP contribution in [0.1, 0.15) is 27.7 Å². The molecular formula is C14H24N2O5. The van der Waals surface area contributed by atoms with Crippen LogP contribution in [0.3, 0.4) is 0 Å². The quantitative estimate of drug-likeness (QED) is 0.649. The Hall–Kier alpha value is -1.47. The van der Waals surface area contributed by atoms with E-state index in [1.165, 1.54) is 6.92 Å². The van der Waals surface area contributed by atoms with Gasteiger partial charge in [-0.15, -0.1) is 0 Å². The number of hydrogen-bond acceptors (Lipinski definition) is 5. The summed E-state index contributed by atoms with van der Waals surface area (Å²) in [5.41, 5.74) is -0.517. The van der Waals surface area contributed by atoms with Crippen molar-refractivity contribution in [3.8, 4) is 0 Å². The van der Waals surface area contributed by atoms with E-state index in [4.69, 9.17) is 9.84 Å². The number of carbonyl (C=O) groups excluding carboxylic acids is 2. The molecule has 7 nitrogen and oxygen atoms in total. The predicted octanol–water partition coefficient (Wildman–Crippen LogP) is -0.108. The Bertz CT molecular complexity index is 416. The van der Waals surface area contributed by atoms with Gasteiger partial charge in [-0.25, -0.2) is 4.79 Å². The molecule has 1 unspecified atom stereocenters. The van der Waals surface area contributed by atoms with Crippen molar-refractivity contribution in [2.24, 2.45) is 5.92 Å². The summed E-state index contributed by atoms with van der Waals surface area (Å²) < 4.78 is 5.27. The van der Waals surface area contributed by atoms with Crippen molar-refractivity contribution in [1.29, 1.82) is 0 Å². The monoisotopic (exact) mass is 300 g/mol. The van der Waals surface area contributed by atoms with Gasteiger partial charge < -0.3 is 15.2 Å². The maximum Gasteiger partial charge on any atom is 0.329 e. The third-order valence-electron chi connectivity index (χ3n) is 3.45. The Morgan fingerprint density at radius 1 is 1.33 bits per heavy atom. The molecule has 1 aliphatic heterocycles. The van der Waals surface area contributed by atoms with Crippen LogP contribution in [0, 0.1) is 5.92 Å². The number of amides is 1. The number of carboxylic acids is 1. The normalized spacial score (nSPS) is 18.9. The summed E-state index contributed by atoms with van der Waals surface area (Å²) >= 11 is 0. The molecule has 120 valence electrons. The lowest BCUT2D eigenvalue weighted by atomic mass is 9.96. The van der Waals surface area contributed by atoms with Gasteiger partial charge in [0.2, 0.25) is 5.91 Å². The average Bonchev–Trinajstić information content (AvgIpc) is 2.30. The zero-order valence-electron chi connectivity index (χ0n) is 13.0. The second-order valence-electron chi connectivity index (χ2n) is 6.18. The van der Waals surface area contributed by atoms with Crippen molar-refractivity contribution >= 4 is 17.7 Å². The van der Waals surface area contributed by atoms with Crippen LogP contribution < -0.4 is 5.32 Å². The highest BCUT2D eigenvalue weighted by Crippen LogP contribution is 2.24. The molecule has 0 bridgehead atoms. The fourth-order valence-corrected chi connectivity index (χ4v) is 2.50. The highest BCUT2D eigenvalue weighted by Gasteiger charge is 2.41. The first kappa shape index (κ1) is 17.6. The number of nitrogens with zero attached hydrogens (tertiary/aromatic N) is 1. The molecule has 1 heterocycles. The van der Waals surface area contributed by atoms with Crippen LogP contribution in [0.15, 0.2) is 0 Å². The fraction of sp³-hybridized carbons (Fsp3) is 0.786. The smallest absolute Gasteiger partial charge is 0.329 e. The molecule has 1 aliphatic rings. The number of Topliss-reactive ketones (excluding diaryl/α,β-unsaturated/α-hetero) is 1. The lowest BCUT2D eigenvalue weighted by molar-refractivity contribution is -0.166. The van der Waals surface area contributed by atoms with Crippen molar-refractivity contribution in [1.82, 2.24) is 10.2 Å². The summed E-state index contributed by atoms with van der Waals surface area (Å²) in [5.74, 6) is -1.22. The molecular weight excluding hydrogens is 276 g/mol. The van der Waals surface area contributed by atoms with E-state index >= 15 is 0 Å². The second-order valence-corrected chi connectivity index (χ2v) is 6.18. The van der Waals surface area contributed by atoms with Crippen molar-refractivity contribution in [2.45, 2.75) is 39.3 Å². The van der Waals surface area contributed by atoms with Gasteiger partial charge in [-0.1, -0.05) is 13.8 Å². The molecule has 1 atom stereocenters. The summed E-state index contributed by atoms with van der Waals surface area (Å²) in [6.07, 6.45) is 0. The minimum Gasteiger partial charge on any atom is -0.480 e. The molecule has 1 rings (SSSR count). The van der Waals surface area contributed by atoms with Crippen LogP contribution in [0.5, 0.6) is 0 Å². The molecule has 0 saturated carbocycles. The maximum absolute atomic E-state index is 11.9. The zero-order chi connectivity index (χ0) is 16.2. The lowest BCUT2D eigenvalue weighted by Crippen LogP contribution is -2.63. The molecule has 0 spiro atoms. The van der Waals surface area contributed by atoms with Gasteiger partial charge in [-0.05, 0) is 19.8 Å². The zero-order valence-corrected chi connectivity index (χ0v) is 13.0. The molecule has 0 aromatic heterocycles. The van der Waals surface area contributed by atoms with Gasteiger partial charge >= 0.3 is 5.97 Å². The summed E-state index contributed by atoms with van der Waals surface area (Å²) in [4.78, 5) is 35.7. The Balaban J connectivity index is 2.35. The average molecular weight is 300 g/mol. The fourth-order valence-electron chi connectivity index (χ4n) is 2.50. The standard InChI is InChI=1S/C14H24N2O5/c1-9(2)13(10(3)17)15-11(18)5-16-7-14(4,8-16)21-6-12(19)20/h9,13H,5-8H2,1-4H3,(H,15,18)(H,19,20). The lowest BCUT2D eigenvalue weighted by Gasteiger charge is -2.47. The minimum absolute atomic E-state index is 0.0482. The molecule has 0 radical (unpaired) electrons. The summed E-state index contributed by atoms with van der Waals surface area (Å²) in [6.45, 7) is 7.89. The molecule has 1 amide bonds. The van der Waals surface area contributed by atoms with Crippen LogP contribution in [-0.4, -0.2) is 65.6 Å². The van der Waals surface area contributed by atoms with Gasteiger partial charge in [-0.3, -0.25) is 14.5 Å². The second kappa shape index (κ2) is 7.00. The van der Waals surface area contributed by atoms with Crippen molar-refractivity contribution in [2.75, 3.05) is 26.2 Å². The summed E-state index contributed by atoms with van der Waals surface area (Å²) in [6, 6.07) is -0.464. The van der Waals surface area contributed by atoms with Crippen LogP contribution in [-0.2, 0) is 19.1 Å². The molecule has 21 heavy (non-hydrogen) atoms. The van der Waals surface area contributed by atoms with E-state index in [1.54, 1.807) is 0 Å². The largest absolute Gasteiger partial charge is 0.480 e. The Kier molecular flexibility index (Phi) is 5.86. The number of carboxylic acid groups (broad SMARTS) is 1. The SMILES string of the molecule is CC(=O)C(NC(=O)CN1CC(C)(OCC(=O)O)C1)C(C)C. The van der Waals surface area contributed by atoms with Gasteiger partial charge in [0.25, 0.3) is 0 Å². The van der Waals surface area contributed by atoms with Crippen molar-refractivity contribution < 1.29 is 24.2 Å². The van der Waals surface area contributed by atoms with Crippen LogP contribution in [0.4, 0.5) is 0 Å². The van der Waals surface area contributed by atoms with E-state index in [0.29, 0.717) is 13.1 Å². The third-order valence-corrected chi connectivity index (χ3v) is 3.45. The first-order chi connectivity index (χ1) is 9.63. The highest BCUT2D eigenvalue weighted by molar-refractivity contribution is 5.88. The van der Waals surface area contributed by atoms with Gasteiger partial charge in [0.05, 0.1) is 18.2 Å².